The van der Waals surface area contributed by atoms with Gasteiger partial charge in [-0.15, -0.1) is 0 Å². The zero-order valence-electron chi connectivity index (χ0n) is 16.5. The fraction of sp³-hybridized carbons (Fsp3) is 0.739. The molecule has 0 aromatic heterocycles. The average molecular weight is 346 g/mol. The molecular weight excluding hydrogens is 306 g/mol. The first-order valence-electron chi connectivity index (χ1n) is 10.8. The molecule has 0 spiro atoms. The van der Waals surface area contributed by atoms with Gasteiger partial charge in [-0.1, -0.05) is 89.0 Å². The van der Waals surface area contributed by atoms with Crippen LogP contribution in [0.4, 0.5) is 0 Å². The van der Waals surface area contributed by atoms with Crippen molar-refractivity contribution in [3.63, 3.8) is 0 Å². The van der Waals surface area contributed by atoms with Gasteiger partial charge in [-0.3, -0.25) is 4.90 Å². The summed E-state index contributed by atoms with van der Waals surface area (Å²) in [6.45, 7) is 7.32. The molecule has 0 amide bonds. The number of aryl methyl sites for hydroxylation is 1. The summed E-state index contributed by atoms with van der Waals surface area (Å²) in [5.74, 6) is 0. The van der Waals surface area contributed by atoms with Crippen molar-refractivity contribution in [3.05, 3.63) is 35.4 Å². The highest BCUT2D eigenvalue weighted by molar-refractivity contribution is 5.27. The Morgan fingerprint density at radius 1 is 0.760 bits per heavy atom. The second-order valence-corrected chi connectivity index (χ2v) is 7.59. The fourth-order valence-corrected chi connectivity index (χ4v) is 3.76. The Morgan fingerprint density at radius 2 is 1.32 bits per heavy atom. The Morgan fingerprint density at radius 3 is 1.96 bits per heavy atom. The van der Waals surface area contributed by atoms with E-state index in [1.165, 1.54) is 76.2 Å². The van der Waals surface area contributed by atoms with Crippen LogP contribution in [0.1, 0.15) is 82.3 Å². The van der Waals surface area contributed by atoms with Gasteiger partial charge in [0.25, 0.3) is 0 Å². The third-order valence-corrected chi connectivity index (χ3v) is 5.42. The predicted molar refractivity (Wildman–Crippen MR) is 108 cm³/mol. The van der Waals surface area contributed by atoms with E-state index >= 15 is 0 Å². The summed E-state index contributed by atoms with van der Waals surface area (Å²) in [6, 6.07) is 9.05. The van der Waals surface area contributed by atoms with Gasteiger partial charge in [-0.2, -0.15) is 0 Å². The largest absolute Gasteiger partial charge is 0.379 e. The normalized spacial score (nSPS) is 15.6. The number of benzene rings is 1. The summed E-state index contributed by atoms with van der Waals surface area (Å²) in [7, 11) is 0. The molecule has 2 heteroatoms. The second kappa shape index (κ2) is 13.4. The van der Waals surface area contributed by atoms with Crippen LogP contribution in [0.2, 0.25) is 0 Å². The number of ether oxygens (including phenoxy) is 1. The molecule has 0 atom stereocenters. The summed E-state index contributed by atoms with van der Waals surface area (Å²) in [5, 5.41) is 0. The molecule has 0 bridgehead atoms. The van der Waals surface area contributed by atoms with Gasteiger partial charge >= 0.3 is 0 Å². The molecule has 0 unspecified atom stereocenters. The van der Waals surface area contributed by atoms with Crippen molar-refractivity contribution in [2.75, 3.05) is 26.3 Å². The lowest BCUT2D eigenvalue weighted by molar-refractivity contribution is 0.0341. The predicted octanol–water partition coefficient (Wildman–Crippen LogP) is 5.98. The van der Waals surface area contributed by atoms with Crippen LogP contribution in [0, 0.1) is 0 Å². The Kier molecular flexibility index (Phi) is 10.9. The third-order valence-electron chi connectivity index (χ3n) is 5.42. The number of rotatable bonds is 13. The van der Waals surface area contributed by atoms with Crippen LogP contribution >= 0.6 is 0 Å². The average Bonchev–Trinajstić information content (AvgIpc) is 2.65. The van der Waals surface area contributed by atoms with E-state index in [4.69, 9.17) is 4.74 Å². The monoisotopic (exact) mass is 345 g/mol. The molecule has 0 radical (unpaired) electrons. The fourth-order valence-electron chi connectivity index (χ4n) is 3.76. The van der Waals surface area contributed by atoms with Gasteiger partial charge in [-0.25, -0.2) is 0 Å². The first kappa shape index (κ1) is 20.5. The molecule has 2 nitrogen and oxygen atoms in total. The first-order valence-corrected chi connectivity index (χ1v) is 10.8. The molecular formula is C23H39NO. The minimum atomic E-state index is 0.889. The topological polar surface area (TPSA) is 12.5 Å². The highest BCUT2D eigenvalue weighted by Crippen LogP contribution is 2.17. The lowest BCUT2D eigenvalue weighted by Crippen LogP contribution is -2.35. The van der Waals surface area contributed by atoms with E-state index in [0.29, 0.717) is 0 Å². The van der Waals surface area contributed by atoms with Gasteiger partial charge in [0.1, 0.15) is 0 Å². The summed E-state index contributed by atoms with van der Waals surface area (Å²) < 4.78 is 5.46. The smallest absolute Gasteiger partial charge is 0.0594 e. The van der Waals surface area contributed by atoms with Crippen LogP contribution in [-0.2, 0) is 17.7 Å². The Labute approximate surface area is 156 Å². The van der Waals surface area contributed by atoms with Crippen molar-refractivity contribution in [2.24, 2.45) is 0 Å². The molecule has 1 saturated heterocycles. The Bertz CT molecular complexity index is 439. The maximum atomic E-state index is 5.46. The van der Waals surface area contributed by atoms with Crippen molar-refractivity contribution in [1.29, 1.82) is 0 Å². The SMILES string of the molecule is CCCCCCCCCCCCc1ccccc1CN1CCOCC1. The van der Waals surface area contributed by atoms with E-state index in [1.54, 1.807) is 5.56 Å². The molecule has 0 N–H and O–H groups in total. The third kappa shape index (κ3) is 8.87. The Balaban J connectivity index is 1.57. The molecule has 1 aliphatic heterocycles. The number of morpholine rings is 1. The molecule has 1 heterocycles. The number of nitrogens with zero attached hydrogens (tertiary/aromatic N) is 1. The van der Waals surface area contributed by atoms with Crippen molar-refractivity contribution in [1.82, 2.24) is 4.90 Å². The Hall–Kier alpha value is -0.860. The van der Waals surface area contributed by atoms with Gasteiger partial charge in [-0.05, 0) is 24.0 Å². The highest BCUT2D eigenvalue weighted by Gasteiger charge is 2.12. The summed E-state index contributed by atoms with van der Waals surface area (Å²) in [4.78, 5) is 2.53. The van der Waals surface area contributed by atoms with Gasteiger partial charge in [0.2, 0.25) is 0 Å². The van der Waals surface area contributed by atoms with Crippen molar-refractivity contribution >= 4 is 0 Å². The summed E-state index contributed by atoms with van der Waals surface area (Å²) >= 11 is 0. The standard InChI is InChI=1S/C23H39NO/c1-2-3-4-5-6-7-8-9-10-11-14-22-15-12-13-16-23(22)21-24-17-19-25-20-18-24/h12-13,15-16H,2-11,14,17-21H2,1H3. The van der Waals surface area contributed by atoms with Gasteiger partial charge < -0.3 is 4.74 Å². The minimum absolute atomic E-state index is 0.889. The molecule has 142 valence electrons. The van der Waals surface area contributed by atoms with E-state index in [0.717, 1.165) is 32.8 Å². The maximum absolute atomic E-state index is 5.46. The molecule has 1 fully saturated rings. The molecule has 0 aliphatic carbocycles. The van der Waals surface area contributed by atoms with E-state index in [-0.39, 0.29) is 0 Å². The van der Waals surface area contributed by atoms with Crippen LogP contribution in [-0.4, -0.2) is 31.2 Å². The number of hydrogen-bond acceptors (Lipinski definition) is 2. The molecule has 1 aromatic rings. The molecule has 25 heavy (non-hydrogen) atoms. The second-order valence-electron chi connectivity index (χ2n) is 7.59. The summed E-state index contributed by atoms with van der Waals surface area (Å²) in [5.41, 5.74) is 3.09. The van der Waals surface area contributed by atoms with Crippen molar-refractivity contribution < 1.29 is 4.74 Å². The quantitative estimate of drug-likeness (QED) is 0.408. The number of hydrogen-bond donors (Lipinski definition) is 0. The van der Waals surface area contributed by atoms with E-state index in [1.807, 2.05) is 0 Å². The minimum Gasteiger partial charge on any atom is -0.379 e. The van der Waals surface area contributed by atoms with Crippen LogP contribution in [0.3, 0.4) is 0 Å². The number of unbranched alkanes of at least 4 members (excludes halogenated alkanes) is 9. The first-order chi connectivity index (χ1) is 12.4. The van der Waals surface area contributed by atoms with Crippen LogP contribution in [0.5, 0.6) is 0 Å². The van der Waals surface area contributed by atoms with Gasteiger partial charge in [0.15, 0.2) is 0 Å². The molecule has 2 rings (SSSR count). The van der Waals surface area contributed by atoms with Gasteiger partial charge in [0, 0.05) is 19.6 Å². The van der Waals surface area contributed by atoms with E-state index < -0.39 is 0 Å². The zero-order valence-corrected chi connectivity index (χ0v) is 16.5. The molecule has 0 saturated carbocycles. The lowest BCUT2D eigenvalue weighted by Gasteiger charge is -2.27. The maximum Gasteiger partial charge on any atom is 0.0594 e. The van der Waals surface area contributed by atoms with E-state index in [2.05, 4.69) is 36.1 Å². The van der Waals surface area contributed by atoms with Crippen LogP contribution in [0.15, 0.2) is 24.3 Å². The van der Waals surface area contributed by atoms with E-state index in [9.17, 15) is 0 Å². The summed E-state index contributed by atoms with van der Waals surface area (Å²) in [6.07, 6.45) is 15.4. The molecule has 1 aromatic carbocycles. The molecule has 1 aliphatic rings. The zero-order chi connectivity index (χ0) is 17.6. The van der Waals surface area contributed by atoms with Crippen LogP contribution in [0.25, 0.3) is 0 Å². The van der Waals surface area contributed by atoms with Crippen molar-refractivity contribution in [3.8, 4) is 0 Å². The van der Waals surface area contributed by atoms with Crippen LogP contribution < -0.4 is 0 Å². The van der Waals surface area contributed by atoms with Gasteiger partial charge in [0.05, 0.1) is 13.2 Å². The lowest BCUT2D eigenvalue weighted by atomic mass is 9.99. The van der Waals surface area contributed by atoms with Crippen molar-refractivity contribution in [2.45, 2.75) is 84.1 Å². The highest BCUT2D eigenvalue weighted by atomic mass is 16.5.